The summed E-state index contributed by atoms with van der Waals surface area (Å²) in [6, 6.07) is 3.55. The number of halogens is 1. The fourth-order valence-corrected chi connectivity index (χ4v) is 1.17. The van der Waals surface area contributed by atoms with E-state index in [0.29, 0.717) is 16.5 Å². The molecule has 0 spiro atoms. The number of H-pyrrole nitrogens is 1. The van der Waals surface area contributed by atoms with Gasteiger partial charge >= 0.3 is 0 Å². The first-order valence-electron chi connectivity index (χ1n) is 3.56. The molecule has 0 amide bonds. The maximum absolute atomic E-state index is 5.83. The molecule has 0 atom stereocenters. The monoisotopic (exact) mass is 195 g/mol. The van der Waals surface area contributed by atoms with Crippen molar-refractivity contribution in [1.29, 1.82) is 0 Å². The van der Waals surface area contributed by atoms with Crippen LogP contribution in [0.5, 0.6) is 0 Å². The van der Waals surface area contributed by atoms with Crippen LogP contribution in [0.3, 0.4) is 0 Å². The van der Waals surface area contributed by atoms with Crippen LogP contribution in [-0.2, 0) is 0 Å². The third-order valence-electron chi connectivity index (χ3n) is 1.52. The molecule has 0 radical (unpaired) electrons. The van der Waals surface area contributed by atoms with Gasteiger partial charge in [0.05, 0.1) is 5.56 Å². The van der Waals surface area contributed by atoms with Crippen LogP contribution in [0, 0.1) is 0 Å². The van der Waals surface area contributed by atoms with E-state index >= 15 is 0 Å². The average molecular weight is 196 g/mol. The van der Waals surface area contributed by atoms with E-state index < -0.39 is 0 Å². The summed E-state index contributed by atoms with van der Waals surface area (Å²) in [7, 11) is 0. The highest BCUT2D eigenvalue weighted by Gasteiger charge is 2.07. The van der Waals surface area contributed by atoms with Crippen LogP contribution in [0.2, 0.25) is 5.15 Å². The summed E-state index contributed by atoms with van der Waals surface area (Å²) in [6.45, 7) is 0. The first-order valence-corrected chi connectivity index (χ1v) is 3.94. The molecule has 5 nitrogen and oxygen atoms in total. The van der Waals surface area contributed by atoms with Crippen LogP contribution >= 0.6 is 11.6 Å². The van der Waals surface area contributed by atoms with Gasteiger partial charge in [0.2, 0.25) is 5.95 Å². The molecule has 0 bridgehead atoms. The Labute approximate surface area is 79.0 Å². The van der Waals surface area contributed by atoms with Crippen molar-refractivity contribution in [2.45, 2.75) is 0 Å². The van der Waals surface area contributed by atoms with Crippen LogP contribution in [0.25, 0.3) is 11.4 Å². The predicted molar refractivity (Wildman–Crippen MR) is 49.0 cm³/mol. The van der Waals surface area contributed by atoms with Gasteiger partial charge in [-0.15, -0.1) is 5.10 Å². The van der Waals surface area contributed by atoms with Crippen molar-refractivity contribution in [3.63, 3.8) is 0 Å². The van der Waals surface area contributed by atoms with Crippen molar-refractivity contribution in [3.8, 4) is 11.4 Å². The van der Waals surface area contributed by atoms with E-state index in [9.17, 15) is 0 Å². The molecule has 13 heavy (non-hydrogen) atoms. The molecule has 2 aromatic heterocycles. The Bertz CT molecular complexity index is 424. The van der Waals surface area contributed by atoms with E-state index in [1.165, 1.54) is 0 Å². The number of aromatic nitrogens is 4. The summed E-state index contributed by atoms with van der Waals surface area (Å²) in [5, 5.41) is 6.72. The largest absolute Gasteiger partial charge is 0.366 e. The van der Waals surface area contributed by atoms with Gasteiger partial charge in [0.25, 0.3) is 0 Å². The van der Waals surface area contributed by atoms with Gasteiger partial charge in [-0.3, -0.25) is 5.10 Å². The molecule has 0 fully saturated rings. The van der Waals surface area contributed by atoms with Crippen LogP contribution in [0.4, 0.5) is 5.95 Å². The third kappa shape index (κ3) is 1.46. The number of nitrogen functional groups attached to an aromatic ring is 1. The van der Waals surface area contributed by atoms with E-state index in [1.54, 1.807) is 18.3 Å². The van der Waals surface area contributed by atoms with E-state index in [2.05, 4.69) is 20.2 Å². The normalized spacial score (nSPS) is 10.2. The summed E-state index contributed by atoms with van der Waals surface area (Å²) in [6.07, 6.45) is 1.60. The van der Waals surface area contributed by atoms with E-state index in [4.69, 9.17) is 17.3 Å². The van der Waals surface area contributed by atoms with Crippen molar-refractivity contribution in [2.24, 2.45) is 0 Å². The minimum Gasteiger partial charge on any atom is -0.366 e. The van der Waals surface area contributed by atoms with Crippen molar-refractivity contribution in [1.82, 2.24) is 20.2 Å². The topological polar surface area (TPSA) is 80.5 Å². The molecule has 0 saturated carbocycles. The maximum atomic E-state index is 5.83. The van der Waals surface area contributed by atoms with Crippen molar-refractivity contribution < 1.29 is 0 Å². The smallest absolute Gasteiger partial charge is 0.239 e. The molecular weight excluding hydrogens is 190 g/mol. The number of nitrogens with zero attached hydrogens (tertiary/aromatic N) is 3. The first kappa shape index (κ1) is 8.00. The van der Waals surface area contributed by atoms with Gasteiger partial charge in [-0.1, -0.05) is 11.6 Å². The number of hydrogen-bond donors (Lipinski definition) is 2. The highest BCUT2D eigenvalue weighted by Crippen LogP contribution is 2.21. The molecule has 3 N–H and O–H groups in total. The van der Waals surface area contributed by atoms with E-state index in [-0.39, 0.29) is 5.95 Å². The molecule has 0 aromatic carbocycles. The highest BCUT2D eigenvalue weighted by molar-refractivity contribution is 6.31. The number of hydrogen-bond acceptors (Lipinski definition) is 4. The second-order valence-electron chi connectivity index (χ2n) is 2.38. The van der Waals surface area contributed by atoms with Gasteiger partial charge in [0.1, 0.15) is 5.15 Å². The van der Waals surface area contributed by atoms with Gasteiger partial charge < -0.3 is 5.73 Å². The second kappa shape index (κ2) is 3.02. The molecular formula is C7H6ClN5. The van der Waals surface area contributed by atoms with Crippen LogP contribution in [-0.4, -0.2) is 20.2 Å². The minimum absolute atomic E-state index is 0.190. The summed E-state index contributed by atoms with van der Waals surface area (Å²) < 4.78 is 0. The van der Waals surface area contributed by atoms with Gasteiger partial charge in [-0.2, -0.15) is 4.98 Å². The Morgan fingerprint density at radius 2 is 2.31 bits per heavy atom. The number of anilines is 1. The van der Waals surface area contributed by atoms with E-state index in [1.807, 2.05) is 0 Å². The van der Waals surface area contributed by atoms with Crippen LogP contribution in [0.15, 0.2) is 18.3 Å². The summed E-state index contributed by atoms with van der Waals surface area (Å²) in [5.74, 6) is 0.713. The van der Waals surface area contributed by atoms with Crippen molar-refractivity contribution in [2.75, 3.05) is 5.73 Å². The lowest BCUT2D eigenvalue weighted by atomic mass is 10.3. The molecule has 0 aliphatic carbocycles. The molecule has 0 aliphatic heterocycles. The fourth-order valence-electron chi connectivity index (χ4n) is 0.958. The van der Waals surface area contributed by atoms with Crippen LogP contribution in [0.1, 0.15) is 0 Å². The zero-order chi connectivity index (χ0) is 9.26. The second-order valence-corrected chi connectivity index (χ2v) is 2.74. The average Bonchev–Trinajstić information content (AvgIpc) is 2.53. The lowest BCUT2D eigenvalue weighted by molar-refractivity contribution is 1.10. The Morgan fingerprint density at radius 1 is 1.46 bits per heavy atom. The molecule has 0 aliphatic rings. The van der Waals surface area contributed by atoms with Gasteiger partial charge in [-0.05, 0) is 12.1 Å². The Morgan fingerprint density at radius 3 is 2.92 bits per heavy atom. The minimum atomic E-state index is 0.190. The molecule has 0 unspecified atom stereocenters. The van der Waals surface area contributed by atoms with Crippen molar-refractivity contribution >= 4 is 17.5 Å². The molecule has 2 heterocycles. The first-order chi connectivity index (χ1) is 6.27. The van der Waals surface area contributed by atoms with Crippen molar-refractivity contribution in [3.05, 3.63) is 23.5 Å². The maximum Gasteiger partial charge on any atom is 0.239 e. The highest BCUT2D eigenvalue weighted by atomic mass is 35.5. The zero-order valence-corrected chi connectivity index (χ0v) is 7.28. The number of nitrogens with two attached hydrogens (primary N) is 1. The van der Waals surface area contributed by atoms with Gasteiger partial charge in [-0.25, -0.2) is 4.98 Å². The fraction of sp³-hybridized carbons (Fsp3) is 0. The SMILES string of the molecule is Nc1n[nH]c(-c2cccnc2Cl)n1. The lowest BCUT2D eigenvalue weighted by Crippen LogP contribution is -1.86. The Kier molecular flexibility index (Phi) is 1.86. The summed E-state index contributed by atoms with van der Waals surface area (Å²) >= 11 is 5.83. The predicted octanol–water partition coefficient (Wildman–Crippen LogP) is 1.10. The standard InChI is InChI=1S/C7H6ClN5/c8-5-4(2-1-3-10-5)6-11-7(9)13-12-6/h1-3H,(H3,9,11,12,13). The number of aromatic amines is 1. The van der Waals surface area contributed by atoms with Gasteiger partial charge in [0.15, 0.2) is 5.82 Å². The number of pyridine rings is 1. The summed E-state index contributed by atoms with van der Waals surface area (Å²) in [5.41, 5.74) is 6.04. The molecule has 66 valence electrons. The molecule has 0 saturated heterocycles. The number of nitrogens with one attached hydrogen (secondary N) is 1. The summed E-state index contributed by atoms with van der Waals surface area (Å²) in [4.78, 5) is 7.83. The lowest BCUT2D eigenvalue weighted by Gasteiger charge is -1.96. The zero-order valence-electron chi connectivity index (χ0n) is 6.53. The van der Waals surface area contributed by atoms with Crippen LogP contribution < -0.4 is 5.73 Å². The molecule has 2 rings (SSSR count). The molecule has 6 heteroatoms. The quantitative estimate of drug-likeness (QED) is 0.668. The third-order valence-corrected chi connectivity index (χ3v) is 1.82. The molecule has 2 aromatic rings. The Balaban J connectivity index is 2.52. The number of rotatable bonds is 1. The van der Waals surface area contributed by atoms with Gasteiger partial charge in [0, 0.05) is 6.20 Å². The van der Waals surface area contributed by atoms with E-state index in [0.717, 1.165) is 0 Å². The Hall–Kier alpha value is -1.62.